The molecule has 0 spiro atoms. The summed E-state index contributed by atoms with van der Waals surface area (Å²) in [4.78, 5) is 38.8. The van der Waals surface area contributed by atoms with Gasteiger partial charge in [-0.05, 0) is 51.3 Å². The van der Waals surface area contributed by atoms with Gasteiger partial charge in [-0.1, -0.05) is 30.3 Å². The molecule has 1 atom stereocenters. The van der Waals surface area contributed by atoms with Crippen LogP contribution in [0, 0.1) is 0 Å². The predicted molar refractivity (Wildman–Crippen MR) is 137 cm³/mol. The molecule has 35 heavy (non-hydrogen) atoms. The van der Waals surface area contributed by atoms with E-state index in [9.17, 15) is 9.59 Å². The van der Waals surface area contributed by atoms with E-state index in [0.717, 1.165) is 34.7 Å². The third kappa shape index (κ3) is 6.88. The lowest BCUT2D eigenvalue weighted by molar-refractivity contribution is -0.134. The number of aromatic nitrogens is 2. The van der Waals surface area contributed by atoms with Crippen LogP contribution in [0.15, 0.2) is 60.2 Å². The Morgan fingerprint density at radius 2 is 1.97 bits per heavy atom. The highest BCUT2D eigenvalue weighted by Gasteiger charge is 2.33. The van der Waals surface area contributed by atoms with Crippen molar-refractivity contribution in [1.29, 1.82) is 0 Å². The summed E-state index contributed by atoms with van der Waals surface area (Å²) >= 11 is 1.51. The second kappa shape index (κ2) is 11.0. The number of amides is 2. The van der Waals surface area contributed by atoms with Crippen molar-refractivity contribution in [2.45, 2.75) is 58.2 Å². The maximum Gasteiger partial charge on any atom is 0.410 e. The molecule has 1 fully saturated rings. The van der Waals surface area contributed by atoms with E-state index < -0.39 is 5.60 Å². The van der Waals surface area contributed by atoms with E-state index in [1.165, 1.54) is 11.3 Å². The summed E-state index contributed by atoms with van der Waals surface area (Å²) < 4.78 is 5.59. The molecule has 0 aliphatic carbocycles. The van der Waals surface area contributed by atoms with Crippen molar-refractivity contribution in [3.8, 4) is 10.6 Å². The van der Waals surface area contributed by atoms with Crippen LogP contribution in [0.25, 0.3) is 10.6 Å². The zero-order valence-electron chi connectivity index (χ0n) is 20.5. The molecule has 2 amide bonds. The SMILES string of the molecule is CC(C)(C)OC(=O)N1CCC[C@@H](N(Cc2ccccc2)C(=O)Cc2csc(-c3cccnc3)n2)C1. The first-order valence-corrected chi connectivity index (χ1v) is 12.8. The molecule has 1 saturated heterocycles. The first-order valence-electron chi connectivity index (χ1n) is 11.9. The number of carbonyl (C=O) groups is 2. The number of hydrogen-bond donors (Lipinski definition) is 0. The first-order chi connectivity index (χ1) is 16.8. The number of rotatable bonds is 6. The number of ether oxygens (including phenoxy) is 1. The molecule has 0 N–H and O–H groups in total. The number of thiazole rings is 1. The molecule has 0 unspecified atom stereocenters. The van der Waals surface area contributed by atoms with E-state index in [0.29, 0.717) is 19.6 Å². The molecule has 3 aromatic rings. The molecule has 2 aromatic heterocycles. The summed E-state index contributed by atoms with van der Waals surface area (Å²) in [5, 5.41) is 2.79. The lowest BCUT2D eigenvalue weighted by Crippen LogP contribution is -2.52. The van der Waals surface area contributed by atoms with Crippen LogP contribution in [0.2, 0.25) is 0 Å². The number of hydrogen-bond acceptors (Lipinski definition) is 6. The fourth-order valence-corrected chi connectivity index (χ4v) is 4.98. The summed E-state index contributed by atoms with van der Waals surface area (Å²) in [6.45, 7) is 7.19. The summed E-state index contributed by atoms with van der Waals surface area (Å²) in [5.74, 6) is 0.00734. The molecule has 1 aliphatic heterocycles. The van der Waals surface area contributed by atoms with E-state index in [2.05, 4.69) is 9.97 Å². The fourth-order valence-electron chi connectivity index (χ4n) is 4.17. The van der Waals surface area contributed by atoms with Gasteiger partial charge in [0.15, 0.2) is 0 Å². The summed E-state index contributed by atoms with van der Waals surface area (Å²) in [6, 6.07) is 13.7. The summed E-state index contributed by atoms with van der Waals surface area (Å²) in [7, 11) is 0. The Balaban J connectivity index is 1.51. The number of likely N-dealkylation sites (tertiary alicyclic amines) is 1. The van der Waals surface area contributed by atoms with Gasteiger partial charge in [0.2, 0.25) is 5.91 Å². The molecule has 7 nitrogen and oxygen atoms in total. The minimum absolute atomic E-state index is 0.00734. The average molecular weight is 493 g/mol. The molecule has 1 aliphatic rings. The van der Waals surface area contributed by atoms with Crippen LogP contribution in [-0.4, -0.2) is 56.5 Å². The smallest absolute Gasteiger partial charge is 0.410 e. The monoisotopic (exact) mass is 492 g/mol. The van der Waals surface area contributed by atoms with Crippen molar-refractivity contribution in [2.75, 3.05) is 13.1 Å². The van der Waals surface area contributed by atoms with Gasteiger partial charge in [-0.15, -0.1) is 11.3 Å². The second-order valence-electron chi connectivity index (χ2n) is 9.79. The molecule has 3 heterocycles. The van der Waals surface area contributed by atoms with Crippen LogP contribution in [0.1, 0.15) is 44.9 Å². The van der Waals surface area contributed by atoms with Gasteiger partial charge in [-0.3, -0.25) is 9.78 Å². The van der Waals surface area contributed by atoms with Gasteiger partial charge >= 0.3 is 6.09 Å². The minimum Gasteiger partial charge on any atom is -0.444 e. The van der Waals surface area contributed by atoms with Gasteiger partial charge in [-0.25, -0.2) is 9.78 Å². The van der Waals surface area contributed by atoms with E-state index in [1.54, 1.807) is 17.3 Å². The fraction of sp³-hybridized carbons (Fsp3) is 0.407. The summed E-state index contributed by atoms with van der Waals surface area (Å²) in [5.41, 5.74) is 2.19. The van der Waals surface area contributed by atoms with Crippen LogP contribution >= 0.6 is 11.3 Å². The highest BCUT2D eigenvalue weighted by molar-refractivity contribution is 7.13. The second-order valence-corrected chi connectivity index (χ2v) is 10.7. The maximum absolute atomic E-state index is 13.6. The van der Waals surface area contributed by atoms with Gasteiger partial charge in [0.1, 0.15) is 10.6 Å². The Labute approximate surface area is 210 Å². The molecule has 8 heteroatoms. The number of pyridine rings is 1. The predicted octanol–water partition coefficient (Wildman–Crippen LogP) is 5.18. The van der Waals surface area contributed by atoms with E-state index in [4.69, 9.17) is 4.74 Å². The highest BCUT2D eigenvalue weighted by atomic mass is 32.1. The molecular weight excluding hydrogens is 460 g/mol. The quantitative estimate of drug-likeness (QED) is 0.474. The van der Waals surface area contributed by atoms with Crippen LogP contribution in [0.3, 0.4) is 0 Å². The maximum atomic E-state index is 13.6. The topological polar surface area (TPSA) is 75.6 Å². The Morgan fingerprint density at radius 3 is 2.69 bits per heavy atom. The number of nitrogens with zero attached hydrogens (tertiary/aromatic N) is 4. The molecule has 184 valence electrons. The standard InChI is InChI=1S/C27H32N4O3S/c1-27(2,3)34-26(33)30-14-8-12-23(18-30)31(17-20-9-5-4-6-10-20)24(32)15-22-19-35-25(29-22)21-11-7-13-28-16-21/h4-7,9-11,13,16,19,23H,8,12,14-15,17-18H2,1-3H3/t23-/m1/s1. The zero-order chi connectivity index (χ0) is 24.8. The Hall–Kier alpha value is -3.26. The van der Waals surface area contributed by atoms with Gasteiger partial charge < -0.3 is 14.5 Å². The van der Waals surface area contributed by atoms with E-state index in [-0.39, 0.29) is 24.5 Å². The highest BCUT2D eigenvalue weighted by Crippen LogP contribution is 2.25. The first kappa shape index (κ1) is 24.9. The van der Waals surface area contributed by atoms with Gasteiger partial charge in [0.05, 0.1) is 12.1 Å². The molecular formula is C27H32N4O3S. The lowest BCUT2D eigenvalue weighted by atomic mass is 10.0. The number of benzene rings is 1. The van der Waals surface area contributed by atoms with Crippen LogP contribution < -0.4 is 0 Å². The van der Waals surface area contributed by atoms with Crippen molar-refractivity contribution in [2.24, 2.45) is 0 Å². The van der Waals surface area contributed by atoms with Crippen LogP contribution in [-0.2, 0) is 22.5 Å². The Kier molecular flexibility index (Phi) is 7.80. The van der Waals surface area contributed by atoms with Crippen molar-refractivity contribution >= 4 is 23.3 Å². The largest absolute Gasteiger partial charge is 0.444 e. The van der Waals surface area contributed by atoms with Crippen molar-refractivity contribution in [3.63, 3.8) is 0 Å². The zero-order valence-corrected chi connectivity index (χ0v) is 21.3. The van der Waals surface area contributed by atoms with E-state index >= 15 is 0 Å². The molecule has 4 rings (SSSR count). The third-order valence-electron chi connectivity index (χ3n) is 5.80. The van der Waals surface area contributed by atoms with E-state index in [1.807, 2.05) is 73.5 Å². The van der Waals surface area contributed by atoms with Gasteiger partial charge in [0.25, 0.3) is 0 Å². The molecule has 0 radical (unpaired) electrons. The molecule has 0 saturated carbocycles. The third-order valence-corrected chi connectivity index (χ3v) is 6.74. The number of piperidine rings is 1. The molecule has 0 bridgehead atoms. The normalized spacial score (nSPS) is 16.1. The van der Waals surface area contributed by atoms with Gasteiger partial charge in [0, 0.05) is 49.0 Å². The molecule has 1 aromatic carbocycles. The van der Waals surface area contributed by atoms with Crippen molar-refractivity contribution in [1.82, 2.24) is 19.8 Å². The lowest BCUT2D eigenvalue weighted by Gasteiger charge is -2.39. The van der Waals surface area contributed by atoms with Gasteiger partial charge in [-0.2, -0.15) is 0 Å². The Morgan fingerprint density at radius 1 is 1.17 bits per heavy atom. The number of carbonyl (C=O) groups excluding carboxylic acids is 2. The summed E-state index contributed by atoms with van der Waals surface area (Å²) in [6.07, 6.45) is 5.06. The van der Waals surface area contributed by atoms with Crippen LogP contribution in [0.5, 0.6) is 0 Å². The Bertz CT molecular complexity index is 1130. The average Bonchev–Trinajstić information content (AvgIpc) is 3.31. The minimum atomic E-state index is -0.555. The van der Waals surface area contributed by atoms with Crippen molar-refractivity contribution < 1.29 is 14.3 Å². The van der Waals surface area contributed by atoms with Crippen LogP contribution in [0.4, 0.5) is 4.79 Å². The van der Waals surface area contributed by atoms with Crippen molar-refractivity contribution in [3.05, 3.63) is 71.5 Å².